The molecule has 1 aromatic heterocycles. The lowest BCUT2D eigenvalue weighted by Gasteiger charge is -2.07. The molecule has 0 spiro atoms. The first-order chi connectivity index (χ1) is 11.8. The fourth-order valence-corrected chi connectivity index (χ4v) is 2.72. The molecule has 1 unspecified atom stereocenters. The smallest absolute Gasteiger partial charge is 0.202 e. The van der Waals surface area contributed by atoms with Crippen molar-refractivity contribution >= 4 is 43.2 Å². The predicted molar refractivity (Wildman–Crippen MR) is 96.7 cm³/mol. The third-order valence-electron chi connectivity index (χ3n) is 3.04. The molecule has 0 aliphatic heterocycles. The molecular weight excluding hydrogens is 417 g/mol. The van der Waals surface area contributed by atoms with Crippen LogP contribution < -0.4 is 15.8 Å². The Hall–Kier alpha value is -2.05. The fraction of sp³-hybridized carbons (Fsp3) is 0.308. The van der Waals surface area contributed by atoms with Gasteiger partial charge in [0, 0.05) is 18.8 Å². The molecule has 0 fully saturated rings. The average Bonchev–Trinajstić information content (AvgIpc) is 3.04. The monoisotopic (exact) mass is 433 g/mol. The number of hydrogen-bond donors (Lipinski definition) is 4. The molecule has 2 aromatic rings. The van der Waals surface area contributed by atoms with E-state index in [1.807, 2.05) is 0 Å². The van der Waals surface area contributed by atoms with Gasteiger partial charge in [-0.1, -0.05) is 6.92 Å². The molecule has 0 bridgehead atoms. The summed E-state index contributed by atoms with van der Waals surface area (Å²) in [5, 5.41) is 10.3. The maximum atomic E-state index is 13.2. The van der Waals surface area contributed by atoms with Crippen molar-refractivity contribution in [1.29, 1.82) is 4.78 Å². The largest absolute Gasteiger partial charge is 0.382 e. The highest BCUT2D eigenvalue weighted by molar-refractivity contribution is 9.10. The minimum absolute atomic E-state index is 0.0352. The summed E-state index contributed by atoms with van der Waals surface area (Å²) in [6.45, 7) is 2.28. The summed E-state index contributed by atoms with van der Waals surface area (Å²) < 4.78 is 39.8. The van der Waals surface area contributed by atoms with Gasteiger partial charge in [-0.25, -0.2) is 27.7 Å². The standard InChI is InChI=1S/C13H17BrFN7O2S/c1-2-25(17,23)19-6-5-18-13-11(21-24-22-13)12(16)20-8-3-4-10(15)9(14)7-8/h3-4,7H,2,5-6H2,1H3,(H2,16,20)(H,18,22)(H2,17,19,23). The van der Waals surface area contributed by atoms with Gasteiger partial charge in [0.15, 0.2) is 11.5 Å². The molecule has 0 aliphatic rings. The number of hydrogen-bond acceptors (Lipinski definition) is 7. The molecule has 0 saturated carbocycles. The number of nitrogens with zero attached hydrogens (tertiary/aromatic N) is 3. The van der Waals surface area contributed by atoms with Gasteiger partial charge >= 0.3 is 0 Å². The van der Waals surface area contributed by atoms with Crippen LogP contribution in [-0.4, -0.2) is 39.2 Å². The van der Waals surface area contributed by atoms with E-state index in [1.54, 1.807) is 6.92 Å². The van der Waals surface area contributed by atoms with Crippen molar-refractivity contribution in [3.05, 3.63) is 34.2 Å². The lowest BCUT2D eigenvalue weighted by atomic mass is 10.3. The van der Waals surface area contributed by atoms with Crippen molar-refractivity contribution in [2.75, 3.05) is 24.2 Å². The van der Waals surface area contributed by atoms with Crippen LogP contribution in [0.4, 0.5) is 15.9 Å². The predicted octanol–water partition coefficient (Wildman–Crippen LogP) is 1.99. The number of anilines is 1. The lowest BCUT2D eigenvalue weighted by Crippen LogP contribution is -2.29. The number of benzene rings is 1. The van der Waals surface area contributed by atoms with Gasteiger partial charge in [0.1, 0.15) is 15.7 Å². The van der Waals surface area contributed by atoms with Gasteiger partial charge < -0.3 is 11.1 Å². The van der Waals surface area contributed by atoms with E-state index in [9.17, 15) is 8.60 Å². The molecule has 1 heterocycles. The van der Waals surface area contributed by atoms with Crippen LogP contribution in [0.3, 0.4) is 0 Å². The third kappa shape index (κ3) is 5.47. The summed E-state index contributed by atoms with van der Waals surface area (Å²) in [6.07, 6.45) is 0. The Morgan fingerprint density at radius 1 is 1.48 bits per heavy atom. The van der Waals surface area contributed by atoms with Crippen LogP contribution in [0.5, 0.6) is 0 Å². The second-order valence-electron chi connectivity index (χ2n) is 4.84. The molecule has 2 rings (SSSR count). The van der Waals surface area contributed by atoms with Gasteiger partial charge in [-0.2, -0.15) is 0 Å². The van der Waals surface area contributed by atoms with Gasteiger partial charge in [-0.15, -0.1) is 0 Å². The van der Waals surface area contributed by atoms with Crippen molar-refractivity contribution < 1.29 is 13.2 Å². The van der Waals surface area contributed by atoms with E-state index >= 15 is 0 Å². The molecule has 5 N–H and O–H groups in total. The van der Waals surface area contributed by atoms with Crippen LogP contribution in [0, 0.1) is 10.6 Å². The maximum Gasteiger partial charge on any atom is 0.202 e. The molecule has 1 aromatic carbocycles. The van der Waals surface area contributed by atoms with Gasteiger partial charge in [0.2, 0.25) is 5.82 Å². The minimum atomic E-state index is -2.77. The number of halogens is 2. The molecule has 9 nitrogen and oxygen atoms in total. The Morgan fingerprint density at radius 2 is 2.24 bits per heavy atom. The summed E-state index contributed by atoms with van der Waals surface area (Å²) in [5.41, 5.74) is 6.53. The molecule has 136 valence electrons. The number of rotatable bonds is 8. The first-order valence-corrected chi connectivity index (χ1v) is 9.71. The van der Waals surface area contributed by atoms with Crippen molar-refractivity contribution in [2.24, 2.45) is 10.7 Å². The molecule has 12 heteroatoms. The van der Waals surface area contributed by atoms with E-state index in [0.29, 0.717) is 12.2 Å². The highest BCUT2D eigenvalue weighted by atomic mass is 79.9. The molecule has 1 atom stereocenters. The second-order valence-corrected chi connectivity index (χ2v) is 7.91. The summed E-state index contributed by atoms with van der Waals surface area (Å²) >= 11 is 3.07. The first-order valence-electron chi connectivity index (χ1n) is 7.19. The van der Waals surface area contributed by atoms with Crippen molar-refractivity contribution in [3.63, 3.8) is 0 Å². The van der Waals surface area contributed by atoms with E-state index in [-0.39, 0.29) is 34.1 Å². The van der Waals surface area contributed by atoms with Gasteiger partial charge in [-0.05, 0) is 44.4 Å². The Kier molecular flexibility index (Phi) is 6.45. The van der Waals surface area contributed by atoms with Crippen LogP contribution in [-0.2, 0) is 9.92 Å². The summed E-state index contributed by atoms with van der Waals surface area (Å²) in [5.74, 6) is 0.107. The molecule has 0 aliphatic carbocycles. The zero-order valence-corrected chi connectivity index (χ0v) is 15.7. The Bertz CT molecular complexity index is 869. The Balaban J connectivity index is 2.04. The highest BCUT2D eigenvalue weighted by Gasteiger charge is 2.14. The zero-order chi connectivity index (χ0) is 18.4. The second kappa shape index (κ2) is 8.36. The van der Waals surface area contributed by atoms with Gasteiger partial charge in [-0.3, -0.25) is 0 Å². The van der Waals surface area contributed by atoms with E-state index in [2.05, 4.69) is 45.9 Å². The number of aromatic nitrogens is 2. The van der Waals surface area contributed by atoms with Gasteiger partial charge in [0.25, 0.3) is 0 Å². The molecular formula is C13H17BrFN7O2S. The first kappa shape index (κ1) is 19.3. The number of nitrogens with two attached hydrogens (primary N) is 1. The van der Waals surface area contributed by atoms with E-state index in [4.69, 9.17) is 10.5 Å². The highest BCUT2D eigenvalue weighted by Crippen LogP contribution is 2.22. The van der Waals surface area contributed by atoms with Gasteiger partial charge in [0.05, 0.1) is 10.2 Å². The number of amidine groups is 1. The quantitative estimate of drug-likeness (QED) is 0.284. The number of nitrogens with one attached hydrogen (secondary N) is 3. The summed E-state index contributed by atoms with van der Waals surface area (Å²) in [4.78, 5) is 4.15. The van der Waals surface area contributed by atoms with Crippen LogP contribution in [0.2, 0.25) is 0 Å². The van der Waals surface area contributed by atoms with Crippen LogP contribution >= 0.6 is 15.9 Å². The normalized spacial score (nSPS) is 14.3. The molecule has 0 amide bonds. The average molecular weight is 434 g/mol. The Labute approximate surface area is 152 Å². The third-order valence-corrected chi connectivity index (χ3v) is 5.13. The summed E-state index contributed by atoms with van der Waals surface area (Å²) in [6, 6.07) is 4.20. The fourth-order valence-electron chi connectivity index (χ4n) is 1.72. The number of aliphatic imine (C=N–C) groups is 1. The molecule has 0 saturated heterocycles. The lowest BCUT2D eigenvalue weighted by molar-refractivity contribution is 0.308. The van der Waals surface area contributed by atoms with Crippen molar-refractivity contribution in [3.8, 4) is 0 Å². The van der Waals surface area contributed by atoms with Crippen molar-refractivity contribution in [2.45, 2.75) is 6.92 Å². The van der Waals surface area contributed by atoms with Crippen LogP contribution in [0.1, 0.15) is 12.6 Å². The van der Waals surface area contributed by atoms with Crippen LogP contribution in [0.15, 0.2) is 32.3 Å². The topological polar surface area (TPSA) is 142 Å². The Morgan fingerprint density at radius 3 is 2.92 bits per heavy atom. The SMILES string of the molecule is CCS(=N)(=O)NCCNc1nonc1C(N)=Nc1ccc(F)c(Br)c1. The van der Waals surface area contributed by atoms with E-state index in [0.717, 1.165) is 0 Å². The van der Waals surface area contributed by atoms with E-state index < -0.39 is 15.7 Å². The minimum Gasteiger partial charge on any atom is -0.382 e. The van der Waals surface area contributed by atoms with Crippen LogP contribution in [0.25, 0.3) is 0 Å². The maximum absolute atomic E-state index is 13.2. The molecule has 0 radical (unpaired) electrons. The molecule has 25 heavy (non-hydrogen) atoms. The zero-order valence-electron chi connectivity index (χ0n) is 13.3. The summed E-state index contributed by atoms with van der Waals surface area (Å²) in [7, 11) is -2.77. The van der Waals surface area contributed by atoms with E-state index in [1.165, 1.54) is 18.2 Å². The van der Waals surface area contributed by atoms with Crippen molar-refractivity contribution in [1.82, 2.24) is 15.0 Å².